The number of nitrogens with zero attached hydrogens (tertiary/aromatic N) is 2. The zero-order valence-electron chi connectivity index (χ0n) is 8.20. The smallest absolute Gasteiger partial charge is 0.180 e. The Morgan fingerprint density at radius 2 is 2.36 bits per heavy atom. The molecular formula is C10H15N3O. The van der Waals surface area contributed by atoms with E-state index in [2.05, 4.69) is 15.3 Å². The zero-order chi connectivity index (χ0) is 9.64. The Balaban J connectivity index is 1.82. The highest BCUT2D eigenvalue weighted by molar-refractivity contribution is 5.82. The quantitative estimate of drug-likeness (QED) is 0.778. The van der Waals surface area contributed by atoms with Gasteiger partial charge in [-0.3, -0.25) is 4.99 Å². The third-order valence-corrected chi connectivity index (χ3v) is 2.33. The van der Waals surface area contributed by atoms with Crippen LogP contribution in [0.5, 0.6) is 0 Å². The second kappa shape index (κ2) is 4.79. The van der Waals surface area contributed by atoms with Gasteiger partial charge in [-0.05, 0) is 12.8 Å². The fourth-order valence-corrected chi connectivity index (χ4v) is 1.54. The van der Waals surface area contributed by atoms with E-state index in [4.69, 9.17) is 4.42 Å². The molecule has 1 N–H and O–H groups in total. The van der Waals surface area contributed by atoms with Gasteiger partial charge in [0.15, 0.2) is 6.39 Å². The van der Waals surface area contributed by atoms with Crippen LogP contribution < -0.4 is 5.32 Å². The predicted molar refractivity (Wildman–Crippen MR) is 54.1 cm³/mol. The number of nitrogens with one attached hydrogen (secondary N) is 1. The van der Waals surface area contributed by atoms with Crippen LogP contribution in [0.3, 0.4) is 0 Å². The maximum Gasteiger partial charge on any atom is 0.180 e. The van der Waals surface area contributed by atoms with E-state index in [1.54, 1.807) is 6.26 Å². The van der Waals surface area contributed by atoms with Crippen molar-refractivity contribution < 1.29 is 4.42 Å². The number of hydrogen-bond acceptors (Lipinski definition) is 4. The van der Waals surface area contributed by atoms with E-state index < -0.39 is 0 Å². The number of amidine groups is 1. The molecule has 0 aliphatic carbocycles. The van der Waals surface area contributed by atoms with Gasteiger partial charge >= 0.3 is 0 Å². The first-order valence-corrected chi connectivity index (χ1v) is 5.09. The fraction of sp³-hybridized carbons (Fsp3) is 0.600. The van der Waals surface area contributed by atoms with Crippen molar-refractivity contribution in [2.75, 3.05) is 6.54 Å². The summed E-state index contributed by atoms with van der Waals surface area (Å²) >= 11 is 0. The molecule has 2 rings (SSSR count). The molecule has 1 aliphatic heterocycles. The summed E-state index contributed by atoms with van der Waals surface area (Å²) in [5.41, 5.74) is 0.928. The summed E-state index contributed by atoms with van der Waals surface area (Å²) in [6.45, 7) is 1.68. The van der Waals surface area contributed by atoms with Crippen LogP contribution in [-0.4, -0.2) is 17.4 Å². The van der Waals surface area contributed by atoms with Crippen LogP contribution in [0.15, 0.2) is 22.1 Å². The average Bonchev–Trinajstić information content (AvgIpc) is 2.58. The molecule has 4 heteroatoms. The maximum atomic E-state index is 4.89. The van der Waals surface area contributed by atoms with Crippen LogP contribution in [0.4, 0.5) is 0 Å². The minimum absolute atomic E-state index is 0.718. The predicted octanol–water partition coefficient (Wildman–Crippen LogP) is 1.74. The Kier molecular flexibility index (Phi) is 3.16. The molecule has 1 aromatic heterocycles. The Morgan fingerprint density at radius 3 is 3.21 bits per heavy atom. The van der Waals surface area contributed by atoms with Crippen LogP contribution >= 0.6 is 0 Å². The number of aromatic nitrogens is 1. The maximum absolute atomic E-state index is 4.89. The molecule has 0 atom stereocenters. The van der Waals surface area contributed by atoms with E-state index in [1.165, 1.54) is 25.7 Å². The van der Waals surface area contributed by atoms with Gasteiger partial charge in [-0.2, -0.15) is 0 Å². The highest BCUT2D eigenvalue weighted by atomic mass is 16.3. The largest absolute Gasteiger partial charge is 0.451 e. The summed E-state index contributed by atoms with van der Waals surface area (Å²) in [4.78, 5) is 8.51. The second-order valence-corrected chi connectivity index (χ2v) is 3.47. The molecule has 0 bridgehead atoms. The van der Waals surface area contributed by atoms with E-state index in [-0.39, 0.29) is 0 Å². The van der Waals surface area contributed by atoms with E-state index in [0.29, 0.717) is 0 Å². The van der Waals surface area contributed by atoms with Crippen LogP contribution in [0.2, 0.25) is 0 Å². The molecular weight excluding hydrogens is 178 g/mol. The molecule has 0 spiro atoms. The molecule has 1 aliphatic rings. The van der Waals surface area contributed by atoms with Gasteiger partial charge in [0.25, 0.3) is 0 Å². The lowest BCUT2D eigenvalue weighted by Gasteiger charge is -2.05. The fourth-order valence-electron chi connectivity index (χ4n) is 1.54. The van der Waals surface area contributed by atoms with Crippen molar-refractivity contribution in [1.29, 1.82) is 0 Å². The molecule has 0 saturated carbocycles. The molecule has 14 heavy (non-hydrogen) atoms. The summed E-state index contributed by atoms with van der Waals surface area (Å²) in [5, 5.41) is 3.29. The Morgan fingerprint density at radius 1 is 1.36 bits per heavy atom. The number of rotatable bonds is 2. The normalized spacial score (nSPS) is 17.3. The first-order chi connectivity index (χ1) is 6.95. The van der Waals surface area contributed by atoms with E-state index >= 15 is 0 Å². The summed E-state index contributed by atoms with van der Waals surface area (Å²) in [6, 6.07) is 0. The number of oxazole rings is 1. The summed E-state index contributed by atoms with van der Waals surface area (Å²) in [7, 11) is 0. The highest BCUT2D eigenvalue weighted by Crippen LogP contribution is 2.06. The molecule has 0 unspecified atom stereocenters. The third-order valence-electron chi connectivity index (χ3n) is 2.33. The standard InChI is InChI=1S/C10H15N3O/c1-2-4-10(11-5-3-1)12-6-9-7-14-8-13-9/h7-8H,1-6H2,(H,11,12). The lowest BCUT2D eigenvalue weighted by molar-refractivity contribution is 0.556. The topological polar surface area (TPSA) is 50.4 Å². The van der Waals surface area contributed by atoms with Crippen molar-refractivity contribution in [3.8, 4) is 0 Å². The molecule has 76 valence electrons. The second-order valence-electron chi connectivity index (χ2n) is 3.47. The van der Waals surface area contributed by atoms with E-state index in [9.17, 15) is 0 Å². The van der Waals surface area contributed by atoms with Crippen molar-refractivity contribution in [2.45, 2.75) is 32.2 Å². The molecule has 0 saturated heterocycles. The first kappa shape index (κ1) is 9.24. The number of hydrogen-bond donors (Lipinski definition) is 1. The van der Waals surface area contributed by atoms with Gasteiger partial charge in [0.1, 0.15) is 6.26 Å². The van der Waals surface area contributed by atoms with Gasteiger partial charge in [-0.25, -0.2) is 4.98 Å². The molecule has 2 heterocycles. The van der Waals surface area contributed by atoms with E-state index in [1.807, 2.05) is 0 Å². The molecule has 0 radical (unpaired) electrons. The Labute approximate surface area is 83.4 Å². The summed E-state index contributed by atoms with van der Waals surface area (Å²) in [5.74, 6) is 1.12. The molecule has 1 aromatic rings. The van der Waals surface area contributed by atoms with Gasteiger partial charge in [-0.1, -0.05) is 6.42 Å². The van der Waals surface area contributed by atoms with Crippen molar-refractivity contribution >= 4 is 5.84 Å². The SMILES string of the molecule is c1nc(CNC2=NCCCCC2)co1. The number of aliphatic imine (C=N–C) groups is 1. The van der Waals surface area contributed by atoms with Crippen molar-refractivity contribution in [1.82, 2.24) is 10.3 Å². The van der Waals surface area contributed by atoms with Crippen LogP contribution in [0.25, 0.3) is 0 Å². The van der Waals surface area contributed by atoms with Gasteiger partial charge in [0.05, 0.1) is 18.1 Å². The van der Waals surface area contributed by atoms with Crippen LogP contribution in [0.1, 0.15) is 31.4 Å². The molecule has 0 aromatic carbocycles. The van der Waals surface area contributed by atoms with Crippen molar-refractivity contribution in [3.05, 3.63) is 18.4 Å². The Bertz CT molecular complexity index is 292. The molecule has 4 nitrogen and oxygen atoms in total. The van der Waals surface area contributed by atoms with Crippen molar-refractivity contribution in [3.63, 3.8) is 0 Å². The lowest BCUT2D eigenvalue weighted by Crippen LogP contribution is -2.22. The van der Waals surface area contributed by atoms with Gasteiger partial charge in [0, 0.05) is 13.0 Å². The first-order valence-electron chi connectivity index (χ1n) is 5.09. The summed E-state index contributed by atoms with van der Waals surface area (Å²) in [6.07, 6.45) is 7.92. The average molecular weight is 193 g/mol. The van der Waals surface area contributed by atoms with E-state index in [0.717, 1.165) is 31.0 Å². The highest BCUT2D eigenvalue weighted by Gasteiger charge is 2.04. The molecule has 0 fully saturated rings. The minimum Gasteiger partial charge on any atom is -0.451 e. The van der Waals surface area contributed by atoms with Gasteiger partial charge in [-0.15, -0.1) is 0 Å². The Hall–Kier alpha value is -1.32. The zero-order valence-corrected chi connectivity index (χ0v) is 8.20. The molecule has 0 amide bonds. The third kappa shape index (κ3) is 2.58. The van der Waals surface area contributed by atoms with Crippen molar-refractivity contribution in [2.24, 2.45) is 4.99 Å². The van der Waals surface area contributed by atoms with Gasteiger partial charge in [0.2, 0.25) is 0 Å². The van der Waals surface area contributed by atoms with Gasteiger partial charge < -0.3 is 9.73 Å². The minimum atomic E-state index is 0.718. The lowest BCUT2D eigenvalue weighted by atomic mass is 10.2. The van der Waals surface area contributed by atoms with Crippen LogP contribution in [-0.2, 0) is 6.54 Å². The van der Waals surface area contributed by atoms with Crippen LogP contribution in [0, 0.1) is 0 Å². The summed E-state index contributed by atoms with van der Waals surface area (Å²) < 4.78 is 4.89. The monoisotopic (exact) mass is 193 g/mol.